The molecule has 0 amide bonds. The molecule has 5 nitrogen and oxygen atoms in total. The maximum absolute atomic E-state index is 12.1. The standard InChI is InChI=1S/C10H21N3O2S/c11-9-10(5-1-2-6-10)12-16(14,15)13-7-3-4-8-13/h12H,1-9,11H2. The van der Waals surface area contributed by atoms with E-state index in [1.165, 1.54) is 0 Å². The van der Waals surface area contributed by atoms with E-state index < -0.39 is 10.2 Å². The Labute approximate surface area is 97.6 Å². The molecule has 0 spiro atoms. The van der Waals surface area contributed by atoms with Gasteiger partial charge < -0.3 is 5.73 Å². The molecule has 3 N–H and O–H groups in total. The molecule has 94 valence electrons. The van der Waals surface area contributed by atoms with Gasteiger partial charge in [0.15, 0.2) is 0 Å². The van der Waals surface area contributed by atoms with E-state index in [0.29, 0.717) is 19.6 Å². The van der Waals surface area contributed by atoms with Crippen molar-refractivity contribution in [3.63, 3.8) is 0 Å². The van der Waals surface area contributed by atoms with E-state index in [2.05, 4.69) is 4.72 Å². The third kappa shape index (κ3) is 2.40. The monoisotopic (exact) mass is 247 g/mol. The molecule has 1 saturated carbocycles. The zero-order valence-electron chi connectivity index (χ0n) is 9.61. The second kappa shape index (κ2) is 4.60. The molecular formula is C10H21N3O2S. The van der Waals surface area contributed by atoms with E-state index >= 15 is 0 Å². The van der Waals surface area contributed by atoms with Crippen LogP contribution in [0.4, 0.5) is 0 Å². The number of hydrogen-bond acceptors (Lipinski definition) is 3. The average Bonchev–Trinajstić information content (AvgIpc) is 2.87. The molecular weight excluding hydrogens is 226 g/mol. The highest BCUT2D eigenvalue weighted by molar-refractivity contribution is 7.87. The van der Waals surface area contributed by atoms with Gasteiger partial charge in [-0.3, -0.25) is 0 Å². The van der Waals surface area contributed by atoms with Gasteiger partial charge in [0, 0.05) is 25.2 Å². The quantitative estimate of drug-likeness (QED) is 0.744. The van der Waals surface area contributed by atoms with Crippen molar-refractivity contribution >= 4 is 10.2 Å². The van der Waals surface area contributed by atoms with Crippen LogP contribution in [0.2, 0.25) is 0 Å². The molecule has 1 aliphatic heterocycles. The maximum atomic E-state index is 12.1. The lowest BCUT2D eigenvalue weighted by molar-refractivity contribution is 0.374. The van der Waals surface area contributed by atoms with Crippen LogP contribution in [-0.4, -0.2) is 37.9 Å². The molecule has 0 aromatic heterocycles. The fourth-order valence-electron chi connectivity index (χ4n) is 2.67. The fourth-order valence-corrected chi connectivity index (χ4v) is 4.37. The molecule has 0 unspecified atom stereocenters. The normalized spacial score (nSPS) is 26.3. The van der Waals surface area contributed by atoms with Crippen molar-refractivity contribution in [2.24, 2.45) is 5.73 Å². The Hall–Kier alpha value is -0.170. The minimum atomic E-state index is -3.31. The van der Waals surface area contributed by atoms with E-state index in [1.54, 1.807) is 4.31 Å². The van der Waals surface area contributed by atoms with Gasteiger partial charge >= 0.3 is 0 Å². The summed E-state index contributed by atoms with van der Waals surface area (Å²) in [5.41, 5.74) is 5.36. The van der Waals surface area contributed by atoms with E-state index in [0.717, 1.165) is 38.5 Å². The van der Waals surface area contributed by atoms with Crippen LogP contribution in [0.1, 0.15) is 38.5 Å². The van der Waals surface area contributed by atoms with Gasteiger partial charge in [-0.1, -0.05) is 12.8 Å². The second-order valence-corrected chi connectivity index (χ2v) is 6.58. The summed E-state index contributed by atoms with van der Waals surface area (Å²) in [4.78, 5) is 0. The fraction of sp³-hybridized carbons (Fsp3) is 1.00. The van der Waals surface area contributed by atoms with Gasteiger partial charge in [-0.2, -0.15) is 17.4 Å². The molecule has 1 aliphatic carbocycles. The van der Waals surface area contributed by atoms with Gasteiger partial charge in [0.25, 0.3) is 10.2 Å². The summed E-state index contributed by atoms with van der Waals surface area (Å²) in [6.07, 6.45) is 5.82. The molecule has 1 saturated heterocycles. The lowest BCUT2D eigenvalue weighted by atomic mass is 10.0. The average molecular weight is 247 g/mol. The van der Waals surface area contributed by atoms with Gasteiger partial charge in [-0.25, -0.2) is 0 Å². The Morgan fingerprint density at radius 2 is 1.69 bits per heavy atom. The Bertz CT molecular complexity index is 330. The van der Waals surface area contributed by atoms with Crippen molar-refractivity contribution in [3.05, 3.63) is 0 Å². The summed E-state index contributed by atoms with van der Waals surface area (Å²) in [6, 6.07) is 0. The smallest absolute Gasteiger partial charge is 0.279 e. The molecule has 0 aromatic carbocycles. The van der Waals surface area contributed by atoms with Crippen molar-refractivity contribution in [2.45, 2.75) is 44.1 Å². The first-order valence-electron chi connectivity index (χ1n) is 6.07. The van der Waals surface area contributed by atoms with Crippen LogP contribution in [0, 0.1) is 0 Å². The topological polar surface area (TPSA) is 75.4 Å². The molecule has 0 atom stereocenters. The Morgan fingerprint density at radius 3 is 2.19 bits per heavy atom. The summed E-state index contributed by atoms with van der Waals surface area (Å²) >= 11 is 0. The number of rotatable bonds is 4. The van der Waals surface area contributed by atoms with Crippen molar-refractivity contribution in [3.8, 4) is 0 Å². The summed E-state index contributed by atoms with van der Waals surface area (Å²) in [6.45, 7) is 1.70. The van der Waals surface area contributed by atoms with E-state index in [4.69, 9.17) is 5.73 Å². The third-order valence-corrected chi connectivity index (χ3v) is 5.44. The number of nitrogens with one attached hydrogen (secondary N) is 1. The largest absolute Gasteiger partial charge is 0.329 e. The van der Waals surface area contributed by atoms with Crippen LogP contribution >= 0.6 is 0 Å². The van der Waals surface area contributed by atoms with E-state index in [-0.39, 0.29) is 5.54 Å². The first kappa shape index (κ1) is 12.3. The predicted molar refractivity (Wildman–Crippen MR) is 63.1 cm³/mol. The van der Waals surface area contributed by atoms with Crippen LogP contribution in [0.25, 0.3) is 0 Å². The van der Waals surface area contributed by atoms with E-state index in [1.807, 2.05) is 0 Å². The Kier molecular flexibility index (Phi) is 3.53. The van der Waals surface area contributed by atoms with Crippen LogP contribution in [0.5, 0.6) is 0 Å². The first-order valence-corrected chi connectivity index (χ1v) is 7.51. The van der Waals surface area contributed by atoms with Gasteiger partial charge in [0.2, 0.25) is 0 Å². The maximum Gasteiger partial charge on any atom is 0.279 e. The molecule has 0 aromatic rings. The van der Waals surface area contributed by atoms with Crippen LogP contribution in [0.3, 0.4) is 0 Å². The zero-order valence-corrected chi connectivity index (χ0v) is 10.4. The summed E-state index contributed by atoms with van der Waals surface area (Å²) < 4.78 is 28.6. The molecule has 2 aliphatic rings. The minimum Gasteiger partial charge on any atom is -0.329 e. The van der Waals surface area contributed by atoms with Gasteiger partial charge in [-0.05, 0) is 25.7 Å². The lowest BCUT2D eigenvalue weighted by Gasteiger charge is -2.30. The van der Waals surface area contributed by atoms with Gasteiger partial charge in [0.1, 0.15) is 0 Å². The SMILES string of the molecule is NCC1(NS(=O)(=O)N2CCCC2)CCCC1. The number of hydrogen-bond donors (Lipinski definition) is 2. The third-order valence-electron chi connectivity index (χ3n) is 3.70. The molecule has 1 heterocycles. The number of nitrogens with two attached hydrogens (primary N) is 1. The highest BCUT2D eigenvalue weighted by Crippen LogP contribution is 2.30. The summed E-state index contributed by atoms with van der Waals surface area (Å²) in [7, 11) is -3.31. The molecule has 0 radical (unpaired) electrons. The molecule has 6 heteroatoms. The van der Waals surface area contributed by atoms with Gasteiger partial charge in [0.05, 0.1) is 0 Å². The van der Waals surface area contributed by atoms with Crippen LogP contribution in [-0.2, 0) is 10.2 Å². The van der Waals surface area contributed by atoms with Crippen molar-refractivity contribution in [1.29, 1.82) is 0 Å². The molecule has 16 heavy (non-hydrogen) atoms. The van der Waals surface area contributed by atoms with Gasteiger partial charge in [-0.15, -0.1) is 0 Å². The van der Waals surface area contributed by atoms with Crippen molar-refractivity contribution < 1.29 is 8.42 Å². The summed E-state index contributed by atoms with van der Waals surface area (Å²) in [5, 5.41) is 0. The first-order chi connectivity index (χ1) is 7.58. The Balaban J connectivity index is 2.06. The highest BCUT2D eigenvalue weighted by Gasteiger charge is 2.38. The minimum absolute atomic E-state index is 0.374. The molecule has 0 bridgehead atoms. The Morgan fingerprint density at radius 1 is 1.12 bits per heavy atom. The van der Waals surface area contributed by atoms with Crippen LogP contribution < -0.4 is 10.5 Å². The number of nitrogens with zero attached hydrogens (tertiary/aromatic N) is 1. The van der Waals surface area contributed by atoms with Crippen molar-refractivity contribution in [2.75, 3.05) is 19.6 Å². The van der Waals surface area contributed by atoms with E-state index in [9.17, 15) is 8.42 Å². The zero-order chi connectivity index (χ0) is 11.6. The molecule has 2 rings (SSSR count). The lowest BCUT2D eigenvalue weighted by Crippen LogP contribution is -2.55. The second-order valence-electron chi connectivity index (χ2n) is 4.90. The van der Waals surface area contributed by atoms with Crippen molar-refractivity contribution in [1.82, 2.24) is 9.03 Å². The summed E-state index contributed by atoms with van der Waals surface area (Å²) in [5.74, 6) is 0. The predicted octanol–water partition coefficient (Wildman–Crippen LogP) is 0.188. The van der Waals surface area contributed by atoms with Crippen LogP contribution in [0.15, 0.2) is 0 Å². The molecule has 2 fully saturated rings. The highest BCUT2D eigenvalue weighted by atomic mass is 32.2.